The summed E-state index contributed by atoms with van der Waals surface area (Å²) in [6, 6.07) is 0. The summed E-state index contributed by atoms with van der Waals surface area (Å²) in [7, 11) is -2.38. The Bertz CT molecular complexity index is 470. The van der Waals surface area contributed by atoms with Crippen LogP contribution in [0.15, 0.2) is 33.7 Å². The van der Waals surface area contributed by atoms with Crippen molar-refractivity contribution < 1.29 is 51.0 Å². The fourth-order valence-corrected chi connectivity index (χ4v) is 6.87. The predicted octanol–water partition coefficient (Wildman–Crippen LogP) is -0.354. The van der Waals surface area contributed by atoms with Gasteiger partial charge in [-0.25, -0.2) is 21.5 Å². The minimum absolute atomic E-state index is 0. The Hall–Kier alpha value is 0.857. The van der Waals surface area contributed by atoms with Gasteiger partial charge in [-0.2, -0.15) is 12.2 Å². The number of hydrogen-bond acceptors (Lipinski definition) is 0. The minimum Gasteiger partial charge on any atom is -1.00 e. The first-order valence-corrected chi connectivity index (χ1v) is 14.8. The molecule has 0 bridgehead atoms. The summed E-state index contributed by atoms with van der Waals surface area (Å²) in [5, 5.41) is 3.30. The molecule has 0 saturated carbocycles. The molecule has 5 heteroatoms. The molecule has 0 N–H and O–H groups in total. The maximum atomic E-state index is 3.60. The molecular formula is C18H28Cl2Si2Zr. The van der Waals surface area contributed by atoms with Crippen molar-refractivity contribution in [3.05, 3.63) is 45.8 Å². The van der Waals surface area contributed by atoms with Crippen LogP contribution in [0.5, 0.6) is 0 Å². The van der Waals surface area contributed by atoms with Crippen molar-refractivity contribution in [2.45, 2.75) is 65.0 Å². The van der Waals surface area contributed by atoms with Crippen LogP contribution in [0.2, 0.25) is 39.3 Å². The van der Waals surface area contributed by atoms with Gasteiger partial charge in [-0.05, 0) is 16.1 Å². The van der Waals surface area contributed by atoms with Gasteiger partial charge in [0.05, 0.1) is 0 Å². The molecule has 2 aliphatic rings. The molecule has 0 fully saturated rings. The van der Waals surface area contributed by atoms with Gasteiger partial charge in [0.1, 0.15) is 0 Å². The van der Waals surface area contributed by atoms with E-state index in [9.17, 15) is 0 Å². The van der Waals surface area contributed by atoms with Gasteiger partial charge in [-0.3, -0.25) is 12.2 Å². The molecule has 0 aliphatic heterocycles. The van der Waals surface area contributed by atoms with Crippen LogP contribution in [0.25, 0.3) is 0 Å². The van der Waals surface area contributed by atoms with Gasteiger partial charge in [-0.1, -0.05) is 52.1 Å². The SMILES string of the molecule is C[Si](C)(C)C1=CC[C-]=C1CCC1=[C-]CC=C1[Si](C)(C)C.[Cl-].[Cl-].[Zr+4]. The first-order valence-electron chi connectivity index (χ1n) is 7.81. The second kappa shape index (κ2) is 10.1. The second-order valence-electron chi connectivity index (χ2n) is 7.95. The van der Waals surface area contributed by atoms with Gasteiger partial charge in [0.25, 0.3) is 0 Å². The summed E-state index contributed by atoms with van der Waals surface area (Å²) in [6.07, 6.45) is 16.4. The summed E-state index contributed by atoms with van der Waals surface area (Å²) >= 11 is 0. The van der Waals surface area contributed by atoms with Crippen molar-refractivity contribution in [3.8, 4) is 0 Å². The molecule has 126 valence electrons. The van der Waals surface area contributed by atoms with Crippen LogP contribution in [-0.2, 0) is 26.2 Å². The molecule has 0 radical (unpaired) electrons. The van der Waals surface area contributed by atoms with Gasteiger partial charge < -0.3 is 24.8 Å². The zero-order valence-corrected chi connectivity index (χ0v) is 21.2. The van der Waals surface area contributed by atoms with Crippen LogP contribution in [-0.4, -0.2) is 16.1 Å². The predicted molar refractivity (Wildman–Crippen MR) is 94.8 cm³/mol. The average molecular weight is 463 g/mol. The van der Waals surface area contributed by atoms with Crippen LogP contribution < -0.4 is 24.8 Å². The van der Waals surface area contributed by atoms with Crippen molar-refractivity contribution in [3.63, 3.8) is 0 Å². The van der Waals surface area contributed by atoms with E-state index in [1.165, 1.54) is 24.0 Å². The molecule has 0 spiro atoms. The molecule has 0 aromatic rings. The third-order valence-corrected chi connectivity index (χ3v) is 8.38. The zero-order valence-electron chi connectivity index (χ0n) is 15.2. The quantitative estimate of drug-likeness (QED) is 0.387. The van der Waals surface area contributed by atoms with E-state index in [-0.39, 0.29) is 51.0 Å². The van der Waals surface area contributed by atoms with Crippen molar-refractivity contribution in [1.29, 1.82) is 0 Å². The van der Waals surface area contributed by atoms with Gasteiger partial charge in [0.15, 0.2) is 0 Å². The molecule has 0 nitrogen and oxygen atoms in total. The number of rotatable bonds is 5. The fourth-order valence-electron chi connectivity index (χ4n) is 3.20. The van der Waals surface area contributed by atoms with E-state index in [0.717, 1.165) is 12.8 Å². The topological polar surface area (TPSA) is 0 Å². The van der Waals surface area contributed by atoms with E-state index in [4.69, 9.17) is 0 Å². The maximum absolute atomic E-state index is 3.60. The Morgan fingerprint density at radius 3 is 1.30 bits per heavy atom. The van der Waals surface area contributed by atoms with Crippen LogP contribution in [0, 0.1) is 12.2 Å². The first-order chi connectivity index (χ1) is 9.19. The second-order valence-corrected chi connectivity index (χ2v) is 18.0. The largest absolute Gasteiger partial charge is 4.00 e. The Kier molecular flexibility index (Phi) is 11.5. The van der Waals surface area contributed by atoms with Gasteiger partial charge in [0, 0.05) is 0 Å². The van der Waals surface area contributed by atoms with E-state index >= 15 is 0 Å². The molecule has 0 aromatic carbocycles. The molecule has 23 heavy (non-hydrogen) atoms. The van der Waals surface area contributed by atoms with E-state index in [1.807, 2.05) is 0 Å². The minimum atomic E-state index is -1.19. The van der Waals surface area contributed by atoms with Crippen LogP contribution in [0.1, 0.15) is 25.7 Å². The monoisotopic (exact) mass is 460 g/mol. The molecular weight excluding hydrogens is 434 g/mol. The molecule has 2 aliphatic carbocycles. The third kappa shape index (κ3) is 6.94. The average Bonchev–Trinajstić information content (AvgIpc) is 2.93. The maximum Gasteiger partial charge on any atom is 4.00 e. The Morgan fingerprint density at radius 1 is 0.739 bits per heavy atom. The zero-order chi connectivity index (χ0) is 15.0. The molecule has 0 atom stereocenters. The normalized spacial score (nSPS) is 17.1. The number of halogens is 2. The molecule has 0 amide bonds. The van der Waals surface area contributed by atoms with E-state index in [1.54, 1.807) is 10.4 Å². The van der Waals surface area contributed by atoms with Crippen molar-refractivity contribution in [2.24, 2.45) is 0 Å². The fraction of sp³-hybridized carbons (Fsp3) is 0.556. The van der Waals surface area contributed by atoms with Crippen molar-refractivity contribution in [2.75, 3.05) is 0 Å². The van der Waals surface area contributed by atoms with E-state index in [0.29, 0.717) is 0 Å². The van der Waals surface area contributed by atoms with Crippen LogP contribution >= 0.6 is 0 Å². The van der Waals surface area contributed by atoms with Crippen LogP contribution in [0.4, 0.5) is 0 Å². The standard InChI is InChI=1S/C18H28Si2.2ClH.Zr/c1-19(2,3)17-11-7-9-15(17)13-14-16-10-8-12-18(16)20(4,5)6;;;/h11-12H,7-8,13-14H2,1-6H3;2*1H;/q-2;;;+4/p-2. The van der Waals surface area contributed by atoms with Gasteiger partial charge in [0.2, 0.25) is 0 Å². The van der Waals surface area contributed by atoms with Crippen molar-refractivity contribution in [1.82, 2.24) is 0 Å². The Balaban J connectivity index is 0. The van der Waals surface area contributed by atoms with Gasteiger partial charge >= 0.3 is 26.2 Å². The van der Waals surface area contributed by atoms with E-state index in [2.05, 4.69) is 63.6 Å². The molecule has 2 rings (SSSR count). The molecule has 0 unspecified atom stereocenters. The molecule has 0 aromatic heterocycles. The smallest absolute Gasteiger partial charge is 1.00 e. The summed E-state index contributed by atoms with van der Waals surface area (Å²) < 4.78 is 0. The van der Waals surface area contributed by atoms with Crippen LogP contribution in [0.3, 0.4) is 0 Å². The van der Waals surface area contributed by atoms with Gasteiger partial charge in [-0.15, -0.1) is 12.8 Å². The third-order valence-electron chi connectivity index (χ3n) is 4.13. The Labute approximate surface area is 176 Å². The van der Waals surface area contributed by atoms with Crippen molar-refractivity contribution >= 4 is 16.1 Å². The Morgan fingerprint density at radius 2 is 1.04 bits per heavy atom. The first kappa shape index (κ1) is 26.1. The summed E-state index contributed by atoms with van der Waals surface area (Å²) in [5.41, 5.74) is 3.03. The summed E-state index contributed by atoms with van der Waals surface area (Å²) in [6.45, 7) is 14.7. The van der Waals surface area contributed by atoms with E-state index < -0.39 is 16.1 Å². The molecule has 0 saturated heterocycles. The molecule has 0 heterocycles. The summed E-state index contributed by atoms with van der Waals surface area (Å²) in [5.74, 6) is 0. The number of allylic oxidation sites excluding steroid dienone is 8. The number of hydrogen-bond donors (Lipinski definition) is 0. The summed E-state index contributed by atoms with van der Waals surface area (Å²) in [4.78, 5) is 0.